The van der Waals surface area contributed by atoms with Gasteiger partial charge in [-0.1, -0.05) is 12.1 Å². The topological polar surface area (TPSA) is 122 Å². The van der Waals surface area contributed by atoms with E-state index >= 15 is 0 Å². The Morgan fingerprint density at radius 2 is 1.40 bits per heavy atom. The van der Waals surface area contributed by atoms with E-state index in [9.17, 15) is 19.5 Å². The number of carboxylic acid groups (broad SMARTS) is 2. The summed E-state index contributed by atoms with van der Waals surface area (Å²) in [6, 6.07) is 16.9. The Hall–Kier alpha value is -4.33. The van der Waals surface area contributed by atoms with Crippen LogP contribution in [0.5, 0.6) is 17.2 Å². The van der Waals surface area contributed by atoms with Crippen molar-refractivity contribution in [2.24, 2.45) is 0 Å². The van der Waals surface area contributed by atoms with Gasteiger partial charge in [0.15, 0.2) is 0 Å². The maximum atomic E-state index is 12.4. The zero-order chi connectivity index (χ0) is 21.7. The molecule has 3 aromatic rings. The second-order valence-electron chi connectivity index (χ2n) is 6.10. The average molecular weight is 407 g/mol. The standard InChI is InChI=1S/C22H17NO7/c1-29-19-5-3-2-4-17(19)20(24)23-13-6-8-14(9-7-13)30-15-10-11-16(21(25)26)18(12-15)22(27)28/h2-12H,1H3,(H,23,24)(H,25,26)(H,27,28). The fourth-order valence-electron chi connectivity index (χ4n) is 2.72. The Morgan fingerprint density at radius 1 is 0.767 bits per heavy atom. The van der Waals surface area contributed by atoms with Gasteiger partial charge >= 0.3 is 11.9 Å². The lowest BCUT2D eigenvalue weighted by molar-refractivity contribution is 0.0651. The number of amides is 1. The van der Waals surface area contributed by atoms with Gasteiger partial charge in [0.25, 0.3) is 5.91 Å². The van der Waals surface area contributed by atoms with Crippen LogP contribution in [0, 0.1) is 0 Å². The molecule has 0 aromatic heterocycles. The monoisotopic (exact) mass is 407 g/mol. The molecule has 3 rings (SSSR count). The minimum Gasteiger partial charge on any atom is -0.496 e. The van der Waals surface area contributed by atoms with Crippen LogP contribution in [0.4, 0.5) is 5.69 Å². The highest BCUT2D eigenvalue weighted by Gasteiger charge is 2.17. The summed E-state index contributed by atoms with van der Waals surface area (Å²) in [4.78, 5) is 34.8. The van der Waals surface area contributed by atoms with Gasteiger partial charge in [-0.05, 0) is 54.6 Å². The lowest BCUT2D eigenvalue weighted by Gasteiger charge is -2.11. The van der Waals surface area contributed by atoms with Crippen LogP contribution in [0.15, 0.2) is 66.7 Å². The zero-order valence-electron chi connectivity index (χ0n) is 15.8. The van der Waals surface area contributed by atoms with E-state index in [2.05, 4.69) is 5.32 Å². The summed E-state index contributed by atoms with van der Waals surface area (Å²) >= 11 is 0. The maximum absolute atomic E-state index is 12.4. The fraction of sp³-hybridized carbons (Fsp3) is 0.0455. The molecule has 8 heteroatoms. The summed E-state index contributed by atoms with van der Waals surface area (Å²) in [5.41, 5.74) is 0.204. The summed E-state index contributed by atoms with van der Waals surface area (Å²) in [6.07, 6.45) is 0. The first-order valence-corrected chi connectivity index (χ1v) is 8.72. The number of rotatable bonds is 7. The number of para-hydroxylation sites is 1. The Morgan fingerprint density at radius 3 is 2.03 bits per heavy atom. The summed E-state index contributed by atoms with van der Waals surface area (Å²) in [5.74, 6) is -2.04. The summed E-state index contributed by atoms with van der Waals surface area (Å²) in [6.45, 7) is 0. The van der Waals surface area contributed by atoms with Crippen molar-refractivity contribution in [3.63, 3.8) is 0 Å². The Kier molecular flexibility index (Phi) is 5.97. The number of carboxylic acids is 2. The molecule has 0 aliphatic heterocycles. The molecule has 0 saturated heterocycles. The van der Waals surface area contributed by atoms with Crippen LogP contribution in [-0.4, -0.2) is 35.2 Å². The van der Waals surface area contributed by atoms with E-state index in [1.807, 2.05) is 0 Å². The smallest absolute Gasteiger partial charge is 0.336 e. The fourth-order valence-corrected chi connectivity index (χ4v) is 2.72. The molecule has 0 bridgehead atoms. The highest BCUT2D eigenvalue weighted by molar-refractivity contribution is 6.06. The van der Waals surface area contributed by atoms with Crippen LogP contribution in [0.25, 0.3) is 0 Å². The highest BCUT2D eigenvalue weighted by Crippen LogP contribution is 2.26. The predicted molar refractivity (Wildman–Crippen MR) is 108 cm³/mol. The molecule has 0 aliphatic carbocycles. The van der Waals surface area contributed by atoms with Crippen LogP contribution in [0.3, 0.4) is 0 Å². The minimum absolute atomic E-state index is 0.170. The molecule has 1 amide bonds. The van der Waals surface area contributed by atoms with Crippen LogP contribution < -0.4 is 14.8 Å². The van der Waals surface area contributed by atoms with Gasteiger partial charge in [-0.25, -0.2) is 9.59 Å². The number of methoxy groups -OCH3 is 1. The van der Waals surface area contributed by atoms with Gasteiger partial charge in [0.05, 0.1) is 23.8 Å². The lowest BCUT2D eigenvalue weighted by atomic mass is 10.1. The molecule has 0 unspecified atom stereocenters. The molecule has 0 fully saturated rings. The number of nitrogens with one attached hydrogen (secondary N) is 1. The number of benzene rings is 3. The normalized spacial score (nSPS) is 10.2. The third kappa shape index (κ3) is 4.56. The summed E-state index contributed by atoms with van der Waals surface area (Å²) in [7, 11) is 1.48. The van der Waals surface area contributed by atoms with Crippen molar-refractivity contribution in [2.75, 3.05) is 12.4 Å². The van der Waals surface area contributed by atoms with Gasteiger partial charge in [-0.2, -0.15) is 0 Å². The molecule has 3 aromatic carbocycles. The quantitative estimate of drug-likeness (QED) is 0.538. The third-order valence-electron chi connectivity index (χ3n) is 4.15. The second kappa shape index (κ2) is 8.78. The largest absolute Gasteiger partial charge is 0.496 e. The van der Waals surface area contributed by atoms with Gasteiger partial charge < -0.3 is 25.0 Å². The van der Waals surface area contributed by atoms with Crippen molar-refractivity contribution in [1.29, 1.82) is 0 Å². The van der Waals surface area contributed by atoms with Crippen LogP contribution in [-0.2, 0) is 0 Å². The Balaban J connectivity index is 1.73. The molecule has 30 heavy (non-hydrogen) atoms. The van der Waals surface area contributed by atoms with Crippen LogP contribution in [0.1, 0.15) is 31.1 Å². The van der Waals surface area contributed by atoms with E-state index in [4.69, 9.17) is 14.6 Å². The van der Waals surface area contributed by atoms with Crippen molar-refractivity contribution in [2.45, 2.75) is 0 Å². The molecule has 0 atom stereocenters. The number of carbonyl (C=O) groups excluding carboxylic acids is 1. The molecule has 152 valence electrons. The number of carbonyl (C=O) groups is 3. The molecule has 0 heterocycles. The molecule has 0 radical (unpaired) electrons. The number of ether oxygens (including phenoxy) is 2. The maximum Gasteiger partial charge on any atom is 0.336 e. The van der Waals surface area contributed by atoms with Gasteiger partial charge in [0.1, 0.15) is 17.2 Å². The van der Waals surface area contributed by atoms with Gasteiger partial charge in [-0.15, -0.1) is 0 Å². The molecular formula is C22H17NO7. The summed E-state index contributed by atoms with van der Waals surface area (Å²) < 4.78 is 10.8. The highest BCUT2D eigenvalue weighted by atomic mass is 16.5. The van der Waals surface area contributed by atoms with E-state index < -0.39 is 11.9 Å². The Bertz CT molecular complexity index is 1110. The SMILES string of the molecule is COc1ccccc1C(=O)Nc1ccc(Oc2ccc(C(=O)O)c(C(=O)O)c2)cc1. The Labute approximate surface area is 171 Å². The second-order valence-corrected chi connectivity index (χ2v) is 6.10. The van der Waals surface area contributed by atoms with E-state index in [0.717, 1.165) is 6.07 Å². The molecule has 3 N–H and O–H groups in total. The van der Waals surface area contributed by atoms with Gasteiger partial charge in [-0.3, -0.25) is 4.79 Å². The minimum atomic E-state index is -1.37. The molecule has 0 saturated carbocycles. The van der Waals surface area contributed by atoms with E-state index in [1.54, 1.807) is 48.5 Å². The van der Waals surface area contributed by atoms with Crippen molar-refractivity contribution in [3.05, 3.63) is 83.4 Å². The lowest BCUT2D eigenvalue weighted by Crippen LogP contribution is -2.13. The van der Waals surface area contributed by atoms with E-state index in [0.29, 0.717) is 22.7 Å². The van der Waals surface area contributed by atoms with Crippen molar-refractivity contribution in [1.82, 2.24) is 0 Å². The third-order valence-corrected chi connectivity index (χ3v) is 4.15. The average Bonchev–Trinajstić information content (AvgIpc) is 2.74. The first kappa shape index (κ1) is 20.4. The first-order valence-electron chi connectivity index (χ1n) is 8.72. The molecule has 8 nitrogen and oxygen atoms in total. The van der Waals surface area contributed by atoms with Gasteiger partial charge in [0.2, 0.25) is 0 Å². The zero-order valence-corrected chi connectivity index (χ0v) is 15.8. The van der Waals surface area contributed by atoms with Crippen molar-refractivity contribution < 1.29 is 34.1 Å². The molecule has 0 spiro atoms. The molecular weight excluding hydrogens is 390 g/mol. The number of hydrogen-bond acceptors (Lipinski definition) is 5. The van der Waals surface area contributed by atoms with E-state index in [1.165, 1.54) is 19.2 Å². The van der Waals surface area contributed by atoms with Crippen LogP contribution in [0.2, 0.25) is 0 Å². The summed E-state index contributed by atoms with van der Waals surface area (Å²) in [5, 5.41) is 21.0. The van der Waals surface area contributed by atoms with Crippen molar-refractivity contribution >= 4 is 23.5 Å². The molecule has 0 aliphatic rings. The van der Waals surface area contributed by atoms with Gasteiger partial charge in [0, 0.05) is 5.69 Å². The number of aromatic carboxylic acids is 2. The van der Waals surface area contributed by atoms with Crippen LogP contribution >= 0.6 is 0 Å². The number of anilines is 1. The van der Waals surface area contributed by atoms with E-state index in [-0.39, 0.29) is 22.8 Å². The number of hydrogen-bond donors (Lipinski definition) is 3. The first-order chi connectivity index (χ1) is 14.4. The predicted octanol–water partition coefficient (Wildman–Crippen LogP) is 4.14. The van der Waals surface area contributed by atoms with Crippen molar-refractivity contribution in [3.8, 4) is 17.2 Å².